The Morgan fingerprint density at radius 3 is 2.18 bits per heavy atom. The lowest BCUT2D eigenvalue weighted by Crippen LogP contribution is -2.44. The second-order valence-electron chi connectivity index (χ2n) is 7.87. The molecule has 0 bridgehead atoms. The molecule has 2 N–H and O–H groups in total. The summed E-state index contributed by atoms with van der Waals surface area (Å²) in [6, 6.07) is 8.27. The van der Waals surface area contributed by atoms with Crippen LogP contribution in [0.15, 0.2) is 40.4 Å². The van der Waals surface area contributed by atoms with Crippen molar-refractivity contribution in [1.29, 1.82) is 0 Å². The maximum atomic E-state index is 12.9. The van der Waals surface area contributed by atoms with Crippen LogP contribution in [-0.4, -0.2) is 35.3 Å². The Kier molecular flexibility index (Phi) is 13.1. The molecular weight excluding hydrogens is 485 g/mol. The summed E-state index contributed by atoms with van der Waals surface area (Å²) in [5.41, 5.74) is 0.965. The molecule has 0 saturated heterocycles. The third-order valence-electron chi connectivity index (χ3n) is 5.33. The monoisotopic (exact) mass is 520 g/mol. The molecule has 9 heteroatoms. The van der Waals surface area contributed by atoms with Crippen LogP contribution in [0.1, 0.15) is 66.0 Å². The van der Waals surface area contributed by atoms with Gasteiger partial charge in [0.15, 0.2) is 0 Å². The Hall–Kier alpha value is -2.07. The second-order valence-corrected chi connectivity index (χ2v) is 11.0. The molecule has 0 saturated carbocycles. The number of unbranched alkanes of at least 4 members (excludes halogenated alkanes) is 1. The van der Waals surface area contributed by atoms with Gasteiger partial charge in [-0.2, -0.15) is 0 Å². The van der Waals surface area contributed by atoms with Crippen LogP contribution in [0, 0.1) is 6.92 Å². The molecule has 0 aliphatic heterocycles. The third-order valence-corrected chi connectivity index (χ3v) is 7.84. The van der Waals surface area contributed by atoms with Gasteiger partial charge >= 0.3 is 0 Å². The Balaban J connectivity index is 0.000000287. The number of amides is 2. The van der Waals surface area contributed by atoms with E-state index < -0.39 is 0 Å². The van der Waals surface area contributed by atoms with E-state index in [0.29, 0.717) is 13.1 Å². The minimum atomic E-state index is -0.0834. The molecule has 3 rings (SSSR count). The van der Waals surface area contributed by atoms with Crippen molar-refractivity contribution in [2.45, 2.75) is 71.6 Å². The van der Waals surface area contributed by atoms with Crippen molar-refractivity contribution in [2.75, 3.05) is 7.05 Å². The predicted molar refractivity (Wildman–Crippen MR) is 144 cm³/mol. The number of aromatic nitrogens is 1. The van der Waals surface area contributed by atoms with Gasteiger partial charge in [-0.15, -0.1) is 34.0 Å². The van der Waals surface area contributed by atoms with Crippen LogP contribution in [0.2, 0.25) is 0 Å². The average molecular weight is 521 g/mol. The number of hydrogen-bond acceptors (Lipinski definition) is 7. The first-order chi connectivity index (χ1) is 16.5. The van der Waals surface area contributed by atoms with E-state index >= 15 is 0 Å². The molecule has 0 aliphatic carbocycles. The zero-order valence-corrected chi connectivity index (χ0v) is 22.9. The summed E-state index contributed by atoms with van der Waals surface area (Å²) >= 11 is 5.02. The van der Waals surface area contributed by atoms with Crippen molar-refractivity contribution >= 4 is 46.3 Å². The van der Waals surface area contributed by atoms with E-state index in [2.05, 4.69) is 45.4 Å². The van der Waals surface area contributed by atoms with Crippen molar-refractivity contribution < 1.29 is 9.59 Å². The topological polar surface area (TPSA) is 74.3 Å². The Morgan fingerprint density at radius 1 is 1.12 bits per heavy atom. The molecule has 0 aliphatic rings. The number of carbonyl (C=O) groups excluding carboxylic acids is 2. The molecule has 0 spiro atoms. The van der Waals surface area contributed by atoms with Gasteiger partial charge in [-0.25, -0.2) is 4.98 Å². The molecular formula is C25H36N4O2S3. The summed E-state index contributed by atoms with van der Waals surface area (Å²) in [5, 5.41) is 13.1. The number of nitrogens with zero attached hydrogens (tertiary/aromatic N) is 2. The largest absolute Gasteiger partial charge is 0.350 e. The fraction of sp³-hybridized carbons (Fsp3) is 0.480. The van der Waals surface area contributed by atoms with Gasteiger partial charge < -0.3 is 15.5 Å². The fourth-order valence-electron chi connectivity index (χ4n) is 3.45. The van der Waals surface area contributed by atoms with Gasteiger partial charge in [-0.05, 0) is 49.7 Å². The first-order valence-corrected chi connectivity index (χ1v) is 14.3. The van der Waals surface area contributed by atoms with Gasteiger partial charge in [-0.3, -0.25) is 9.59 Å². The Morgan fingerprint density at radius 2 is 1.76 bits per heavy atom. The molecule has 6 nitrogen and oxygen atoms in total. The van der Waals surface area contributed by atoms with Crippen LogP contribution in [0.5, 0.6) is 0 Å². The van der Waals surface area contributed by atoms with Gasteiger partial charge in [0.2, 0.25) is 12.3 Å². The van der Waals surface area contributed by atoms with Crippen LogP contribution < -0.4 is 10.6 Å². The van der Waals surface area contributed by atoms with Gasteiger partial charge in [0.05, 0.1) is 35.9 Å². The van der Waals surface area contributed by atoms with E-state index in [1.54, 1.807) is 34.0 Å². The predicted octanol–water partition coefficient (Wildman–Crippen LogP) is 5.77. The van der Waals surface area contributed by atoms with Crippen molar-refractivity contribution in [3.05, 3.63) is 60.9 Å². The number of rotatable bonds is 13. The molecule has 34 heavy (non-hydrogen) atoms. The summed E-state index contributed by atoms with van der Waals surface area (Å²) in [6.45, 7) is 7.53. The van der Waals surface area contributed by atoms with Crippen LogP contribution in [0.3, 0.4) is 0 Å². The minimum absolute atomic E-state index is 0.0763. The number of hydrogen-bond donors (Lipinski definition) is 2. The summed E-state index contributed by atoms with van der Waals surface area (Å²) < 4.78 is 0. The Labute approximate surface area is 215 Å². The number of nitrogens with one attached hydrogen (secondary N) is 2. The van der Waals surface area contributed by atoms with Crippen molar-refractivity contribution in [2.24, 2.45) is 0 Å². The van der Waals surface area contributed by atoms with Crippen LogP contribution in [-0.2, 0) is 22.7 Å². The molecule has 186 valence electrons. The minimum Gasteiger partial charge on any atom is -0.350 e. The maximum absolute atomic E-state index is 12.9. The SMILES string of the molecule is CCC(NC=O)c1csc(C)n1.CCCCC(NC)C(=O)N(Cc1cccs1)Cc1cccs1. The van der Waals surface area contributed by atoms with Crippen LogP contribution in [0.25, 0.3) is 0 Å². The quantitative estimate of drug-likeness (QED) is 0.281. The number of likely N-dealkylation sites (N-methyl/N-ethyl adjacent to an activating group) is 1. The standard InChI is InChI=1S/C17H24N2OS2.C8H12N2OS/c1-3-4-9-16(18-2)17(20)19(12-14-7-5-10-21-14)13-15-8-6-11-22-15;1-3-7(9-5-11)8-4-12-6(2)10-8/h5-8,10-11,16,18H,3-4,9,12-13H2,1-2H3;4-5,7H,3H2,1-2H3,(H,9,11). The van der Waals surface area contributed by atoms with Crippen LogP contribution >= 0.6 is 34.0 Å². The summed E-state index contributed by atoms with van der Waals surface area (Å²) in [5.74, 6) is 0.206. The van der Waals surface area contributed by atoms with Crippen LogP contribution in [0.4, 0.5) is 0 Å². The highest BCUT2D eigenvalue weighted by molar-refractivity contribution is 7.10. The van der Waals surface area contributed by atoms with Crippen molar-refractivity contribution in [1.82, 2.24) is 20.5 Å². The molecule has 2 unspecified atom stereocenters. The molecule has 0 aromatic carbocycles. The molecule has 0 fully saturated rings. The summed E-state index contributed by atoms with van der Waals surface area (Å²) in [7, 11) is 1.88. The third kappa shape index (κ3) is 9.29. The zero-order valence-electron chi connectivity index (χ0n) is 20.5. The molecule has 3 aromatic heterocycles. The molecule has 2 atom stereocenters. The highest BCUT2D eigenvalue weighted by Crippen LogP contribution is 2.19. The lowest BCUT2D eigenvalue weighted by atomic mass is 10.1. The van der Waals surface area contributed by atoms with Crippen molar-refractivity contribution in [3.63, 3.8) is 0 Å². The highest BCUT2D eigenvalue weighted by atomic mass is 32.1. The maximum Gasteiger partial charge on any atom is 0.240 e. The number of thiazole rings is 1. The van der Waals surface area contributed by atoms with E-state index in [9.17, 15) is 9.59 Å². The van der Waals surface area contributed by atoms with E-state index in [1.807, 2.05) is 43.3 Å². The van der Waals surface area contributed by atoms with Gasteiger partial charge in [0, 0.05) is 15.1 Å². The summed E-state index contributed by atoms with van der Waals surface area (Å²) in [4.78, 5) is 31.9. The zero-order chi connectivity index (χ0) is 24.8. The lowest BCUT2D eigenvalue weighted by Gasteiger charge is -2.26. The molecule has 3 aromatic rings. The fourth-order valence-corrected chi connectivity index (χ4v) is 5.55. The van der Waals surface area contributed by atoms with Gasteiger partial charge in [0.25, 0.3) is 0 Å². The number of thiophene rings is 2. The van der Waals surface area contributed by atoms with E-state index in [0.717, 1.165) is 42.8 Å². The summed E-state index contributed by atoms with van der Waals surface area (Å²) in [6.07, 6.45) is 4.69. The number of carbonyl (C=O) groups is 2. The molecule has 0 radical (unpaired) electrons. The van der Waals surface area contributed by atoms with E-state index in [4.69, 9.17) is 0 Å². The first-order valence-electron chi connectivity index (χ1n) is 11.6. The van der Waals surface area contributed by atoms with Crippen molar-refractivity contribution in [3.8, 4) is 0 Å². The number of aryl methyl sites for hydroxylation is 1. The van der Waals surface area contributed by atoms with E-state index in [1.165, 1.54) is 9.75 Å². The van der Waals surface area contributed by atoms with Gasteiger partial charge in [-0.1, -0.05) is 38.8 Å². The molecule has 2 amide bonds. The van der Waals surface area contributed by atoms with Gasteiger partial charge in [0.1, 0.15) is 0 Å². The second kappa shape index (κ2) is 15.8. The lowest BCUT2D eigenvalue weighted by molar-refractivity contribution is -0.134. The average Bonchev–Trinajstić information content (AvgIpc) is 3.62. The highest BCUT2D eigenvalue weighted by Gasteiger charge is 2.23. The first kappa shape index (κ1) is 28.2. The molecule has 3 heterocycles. The Bertz CT molecular complexity index is 905. The smallest absolute Gasteiger partial charge is 0.240 e. The van der Waals surface area contributed by atoms with E-state index in [-0.39, 0.29) is 18.0 Å². The normalized spacial score (nSPS) is 12.4.